The van der Waals surface area contributed by atoms with Crippen LogP contribution in [0.15, 0.2) is 41.6 Å². The van der Waals surface area contributed by atoms with Gasteiger partial charge in [-0.15, -0.1) is 0 Å². The van der Waals surface area contributed by atoms with Crippen molar-refractivity contribution in [2.24, 2.45) is 0 Å². The first-order valence-corrected chi connectivity index (χ1v) is 11.4. The summed E-state index contributed by atoms with van der Waals surface area (Å²) in [4.78, 5) is 27.0. The zero-order valence-corrected chi connectivity index (χ0v) is 18.6. The first-order valence-electron chi connectivity index (χ1n) is 11.4. The Bertz CT molecular complexity index is 1500. The lowest BCUT2D eigenvalue weighted by molar-refractivity contribution is -0.125. The zero-order valence-electron chi connectivity index (χ0n) is 18.6. The minimum absolute atomic E-state index is 0.0207. The summed E-state index contributed by atoms with van der Waals surface area (Å²) in [6.07, 6.45) is 7.03. The number of likely N-dealkylation sites (tertiary alicyclic amines) is 1. The average molecular weight is 454 g/mol. The van der Waals surface area contributed by atoms with Gasteiger partial charge in [-0.05, 0) is 49.5 Å². The van der Waals surface area contributed by atoms with Crippen LogP contribution in [0.1, 0.15) is 54.8 Å². The van der Waals surface area contributed by atoms with E-state index in [-0.39, 0.29) is 11.9 Å². The number of fused-ring (bicyclic) bond motifs is 2. The Hall–Kier alpha value is -4.19. The summed E-state index contributed by atoms with van der Waals surface area (Å²) in [5.74, 6) is 7.84. The molecule has 170 valence electrons. The van der Waals surface area contributed by atoms with Crippen molar-refractivity contribution in [2.45, 2.75) is 37.6 Å². The lowest BCUT2D eigenvalue weighted by Gasteiger charge is -2.21. The maximum Gasteiger partial charge on any atom is 0.246 e. The molecule has 6 rings (SSSR count). The summed E-state index contributed by atoms with van der Waals surface area (Å²) in [6.45, 7) is 4.75. The Morgan fingerprint density at radius 3 is 2.91 bits per heavy atom. The fraction of sp³-hybridized carbons (Fsp3) is 0.320. The van der Waals surface area contributed by atoms with Crippen molar-refractivity contribution >= 4 is 33.9 Å². The number of nitrogen functional groups attached to an aromatic ring is 1. The van der Waals surface area contributed by atoms with E-state index in [9.17, 15) is 4.79 Å². The standard InChI is InChI=1S/C25H23N7O2/c1-2-21(33)31-11-10-17(13-31)32-24-22(23(26)27-14-28-24)18(30-32)8-6-15-7-9-20-19(12-15)29-25(34-20)16-4-3-5-16/h2,7,9,12,14,16-17H,1,3-5,10-11,13H2,(H2,26,27,28)/t17-/m0/s1. The van der Waals surface area contributed by atoms with Gasteiger partial charge in [-0.2, -0.15) is 5.10 Å². The number of hydrogen-bond acceptors (Lipinski definition) is 7. The minimum Gasteiger partial charge on any atom is -0.440 e. The number of nitrogens with zero attached hydrogens (tertiary/aromatic N) is 6. The molecule has 0 unspecified atom stereocenters. The largest absolute Gasteiger partial charge is 0.440 e. The number of amides is 1. The average Bonchev–Trinajstić information content (AvgIpc) is 3.52. The summed E-state index contributed by atoms with van der Waals surface area (Å²) < 4.78 is 7.73. The van der Waals surface area contributed by atoms with Gasteiger partial charge in [0.05, 0.1) is 11.4 Å². The summed E-state index contributed by atoms with van der Waals surface area (Å²) >= 11 is 0. The second-order valence-electron chi connectivity index (χ2n) is 8.79. The van der Waals surface area contributed by atoms with Crippen molar-refractivity contribution in [3.05, 3.63) is 54.3 Å². The van der Waals surface area contributed by atoms with Gasteiger partial charge in [0.25, 0.3) is 0 Å². The molecule has 3 aromatic heterocycles. The Morgan fingerprint density at radius 1 is 1.24 bits per heavy atom. The normalized spacial score (nSPS) is 18.1. The molecule has 2 N–H and O–H groups in total. The van der Waals surface area contributed by atoms with Crippen LogP contribution >= 0.6 is 0 Å². The van der Waals surface area contributed by atoms with E-state index in [0.29, 0.717) is 41.6 Å². The van der Waals surface area contributed by atoms with Gasteiger partial charge in [0.15, 0.2) is 17.1 Å². The van der Waals surface area contributed by atoms with E-state index in [1.807, 2.05) is 22.9 Å². The fourth-order valence-corrected chi connectivity index (χ4v) is 4.59. The first kappa shape index (κ1) is 20.4. The molecule has 1 amide bonds. The predicted molar refractivity (Wildman–Crippen MR) is 127 cm³/mol. The van der Waals surface area contributed by atoms with Crippen LogP contribution in [0.25, 0.3) is 22.1 Å². The smallest absolute Gasteiger partial charge is 0.246 e. The highest BCUT2D eigenvalue weighted by Crippen LogP contribution is 2.37. The lowest BCUT2D eigenvalue weighted by Crippen LogP contribution is -2.27. The highest BCUT2D eigenvalue weighted by Gasteiger charge is 2.29. The van der Waals surface area contributed by atoms with E-state index < -0.39 is 0 Å². The summed E-state index contributed by atoms with van der Waals surface area (Å²) in [5, 5.41) is 5.36. The molecular weight excluding hydrogens is 430 g/mol. The highest BCUT2D eigenvalue weighted by molar-refractivity contribution is 5.91. The topological polar surface area (TPSA) is 116 Å². The number of carbonyl (C=O) groups is 1. The van der Waals surface area contributed by atoms with Crippen LogP contribution in [0.2, 0.25) is 0 Å². The summed E-state index contributed by atoms with van der Waals surface area (Å²) in [7, 11) is 0. The molecule has 2 fully saturated rings. The molecule has 1 saturated carbocycles. The molecular formula is C25H23N7O2. The highest BCUT2D eigenvalue weighted by atomic mass is 16.3. The van der Waals surface area contributed by atoms with Crippen LogP contribution in [-0.4, -0.2) is 48.6 Å². The van der Waals surface area contributed by atoms with Gasteiger partial charge in [-0.3, -0.25) is 4.79 Å². The number of oxazole rings is 1. The van der Waals surface area contributed by atoms with E-state index in [1.165, 1.54) is 18.8 Å². The Kier molecular flexibility index (Phi) is 4.80. The van der Waals surface area contributed by atoms with Crippen molar-refractivity contribution in [3.63, 3.8) is 0 Å². The second-order valence-corrected chi connectivity index (χ2v) is 8.79. The number of carbonyl (C=O) groups excluding carboxylic acids is 1. The molecule has 1 aliphatic carbocycles. The molecule has 0 spiro atoms. The monoisotopic (exact) mass is 453 g/mol. The molecule has 34 heavy (non-hydrogen) atoms. The third-order valence-corrected chi connectivity index (χ3v) is 6.70. The van der Waals surface area contributed by atoms with Crippen LogP contribution < -0.4 is 5.73 Å². The van der Waals surface area contributed by atoms with Crippen LogP contribution in [0.4, 0.5) is 5.82 Å². The summed E-state index contributed by atoms with van der Waals surface area (Å²) in [6, 6.07) is 5.74. The molecule has 0 bridgehead atoms. The molecule has 4 heterocycles. The molecule has 2 aliphatic rings. The molecule has 1 atom stereocenters. The van der Waals surface area contributed by atoms with Crippen molar-refractivity contribution < 1.29 is 9.21 Å². The number of rotatable bonds is 3. The fourth-order valence-electron chi connectivity index (χ4n) is 4.59. The quantitative estimate of drug-likeness (QED) is 0.374. The maximum atomic E-state index is 12.0. The third kappa shape index (κ3) is 3.39. The number of benzene rings is 1. The van der Waals surface area contributed by atoms with E-state index >= 15 is 0 Å². The van der Waals surface area contributed by atoms with E-state index in [2.05, 4.69) is 33.4 Å². The van der Waals surface area contributed by atoms with Gasteiger partial charge in [0.2, 0.25) is 5.91 Å². The van der Waals surface area contributed by atoms with Crippen molar-refractivity contribution in [3.8, 4) is 11.8 Å². The molecule has 1 aliphatic heterocycles. The van der Waals surface area contributed by atoms with Crippen molar-refractivity contribution in [1.29, 1.82) is 0 Å². The molecule has 0 radical (unpaired) electrons. The second kappa shape index (κ2) is 7.99. The van der Waals surface area contributed by atoms with Gasteiger partial charge in [0.1, 0.15) is 23.4 Å². The van der Waals surface area contributed by atoms with E-state index in [1.54, 1.807) is 4.90 Å². The zero-order chi connectivity index (χ0) is 23.2. The van der Waals surface area contributed by atoms with Gasteiger partial charge >= 0.3 is 0 Å². The van der Waals surface area contributed by atoms with Gasteiger partial charge in [0, 0.05) is 24.6 Å². The Labute approximate surface area is 195 Å². The van der Waals surface area contributed by atoms with Crippen molar-refractivity contribution in [1.82, 2.24) is 29.6 Å². The first-order chi connectivity index (χ1) is 16.6. The number of aromatic nitrogens is 5. The van der Waals surface area contributed by atoms with E-state index in [0.717, 1.165) is 41.8 Å². The van der Waals surface area contributed by atoms with Gasteiger partial charge in [-0.1, -0.05) is 18.9 Å². The molecule has 9 nitrogen and oxygen atoms in total. The number of nitrogens with two attached hydrogens (primary N) is 1. The van der Waals surface area contributed by atoms with Crippen LogP contribution in [0.5, 0.6) is 0 Å². The SMILES string of the molecule is C=CC(=O)N1CC[C@H](n2nc(C#Cc3ccc4oc(C5CCC5)nc4c3)c3c(N)ncnc32)C1. The minimum atomic E-state index is -0.0863. The maximum absolute atomic E-state index is 12.0. The lowest BCUT2D eigenvalue weighted by atomic mass is 9.85. The molecule has 1 aromatic carbocycles. The number of hydrogen-bond donors (Lipinski definition) is 1. The van der Waals surface area contributed by atoms with Gasteiger partial charge < -0.3 is 15.1 Å². The van der Waals surface area contributed by atoms with Crippen LogP contribution in [0, 0.1) is 11.8 Å². The van der Waals surface area contributed by atoms with E-state index in [4.69, 9.17) is 15.2 Å². The molecule has 9 heteroatoms. The van der Waals surface area contributed by atoms with Gasteiger partial charge in [-0.25, -0.2) is 19.6 Å². The predicted octanol–water partition coefficient (Wildman–Crippen LogP) is 3.18. The van der Waals surface area contributed by atoms with Crippen LogP contribution in [-0.2, 0) is 4.79 Å². The van der Waals surface area contributed by atoms with Crippen LogP contribution in [0.3, 0.4) is 0 Å². The molecule has 4 aromatic rings. The Morgan fingerprint density at radius 2 is 2.12 bits per heavy atom. The number of anilines is 1. The van der Waals surface area contributed by atoms with Crippen molar-refractivity contribution in [2.75, 3.05) is 18.8 Å². The third-order valence-electron chi connectivity index (χ3n) is 6.70. The molecule has 1 saturated heterocycles. The summed E-state index contributed by atoms with van der Waals surface area (Å²) in [5.41, 5.74) is 9.71. The Balaban J connectivity index is 1.35.